The van der Waals surface area contributed by atoms with E-state index in [0.717, 1.165) is 5.56 Å². The average molecular weight is 567 g/mol. The zero-order valence-corrected chi connectivity index (χ0v) is 20.6. The molecule has 0 spiro atoms. The van der Waals surface area contributed by atoms with Gasteiger partial charge in [0.05, 0.1) is 18.0 Å². The molecule has 1 atom stereocenters. The van der Waals surface area contributed by atoms with E-state index in [1.54, 1.807) is 12.1 Å². The number of nitrogens with one attached hydrogen (secondary N) is 3. The third-order valence-electron chi connectivity index (χ3n) is 4.12. The minimum Gasteiger partial charge on any atom is -0.396 e. The van der Waals surface area contributed by atoms with Gasteiger partial charge in [-0.15, -0.1) is 24.0 Å². The van der Waals surface area contributed by atoms with Gasteiger partial charge in [0.25, 0.3) is 0 Å². The molecule has 0 heterocycles. The first-order valence-electron chi connectivity index (χ1n) is 9.39. The van der Waals surface area contributed by atoms with E-state index in [-0.39, 0.29) is 47.9 Å². The van der Waals surface area contributed by atoms with E-state index in [9.17, 15) is 13.5 Å². The molecule has 0 radical (unpaired) electrons. The fourth-order valence-electron chi connectivity index (χ4n) is 2.62. The van der Waals surface area contributed by atoms with Gasteiger partial charge in [0.2, 0.25) is 10.0 Å². The number of halogens is 2. The predicted molar refractivity (Wildman–Crippen MR) is 132 cm³/mol. The Labute approximate surface area is 200 Å². The zero-order valence-electron chi connectivity index (χ0n) is 16.7. The van der Waals surface area contributed by atoms with Gasteiger partial charge in [-0.25, -0.2) is 13.1 Å². The Morgan fingerprint density at radius 1 is 1.10 bits per heavy atom. The van der Waals surface area contributed by atoms with E-state index in [0.29, 0.717) is 30.6 Å². The van der Waals surface area contributed by atoms with Crippen molar-refractivity contribution in [2.75, 3.05) is 32.8 Å². The third-order valence-corrected chi connectivity index (χ3v) is 5.82. The number of hydrogen-bond donors (Lipinski definition) is 4. The van der Waals surface area contributed by atoms with Crippen molar-refractivity contribution in [1.82, 2.24) is 15.4 Å². The Bertz CT molecular complexity index is 898. The van der Waals surface area contributed by atoms with Gasteiger partial charge in [0, 0.05) is 30.6 Å². The summed E-state index contributed by atoms with van der Waals surface area (Å²) in [4.78, 5) is 4.63. The number of hydrogen-bond acceptors (Lipinski definition) is 4. The fourth-order valence-corrected chi connectivity index (χ4v) is 3.95. The van der Waals surface area contributed by atoms with E-state index in [4.69, 9.17) is 11.6 Å². The maximum atomic E-state index is 12.3. The molecule has 10 heteroatoms. The highest BCUT2D eigenvalue weighted by molar-refractivity contribution is 14.0. The van der Waals surface area contributed by atoms with Crippen molar-refractivity contribution in [3.63, 3.8) is 0 Å². The lowest BCUT2D eigenvalue weighted by Gasteiger charge is -2.15. The first-order valence-corrected chi connectivity index (χ1v) is 11.3. The molecule has 1 unspecified atom stereocenters. The molecule has 0 saturated carbocycles. The molecule has 2 rings (SSSR count). The SMILES string of the molecule is CCNC(=NCC(CO)c1ccccc1)NCCNS(=O)(=O)c1cccc(Cl)c1.I. The van der Waals surface area contributed by atoms with Crippen molar-refractivity contribution >= 4 is 51.6 Å². The number of aliphatic hydroxyl groups excluding tert-OH is 1. The smallest absolute Gasteiger partial charge is 0.240 e. The van der Waals surface area contributed by atoms with Crippen LogP contribution >= 0.6 is 35.6 Å². The number of nitrogens with zero attached hydrogens (tertiary/aromatic N) is 1. The summed E-state index contributed by atoms with van der Waals surface area (Å²) in [6.45, 7) is 3.54. The van der Waals surface area contributed by atoms with Crippen LogP contribution in [0.2, 0.25) is 5.02 Å². The summed E-state index contributed by atoms with van der Waals surface area (Å²) < 4.78 is 27.1. The maximum Gasteiger partial charge on any atom is 0.240 e. The van der Waals surface area contributed by atoms with Gasteiger partial charge in [0.1, 0.15) is 0 Å². The lowest BCUT2D eigenvalue weighted by Crippen LogP contribution is -2.41. The molecule has 166 valence electrons. The fraction of sp³-hybridized carbons (Fsp3) is 0.350. The van der Waals surface area contributed by atoms with Crippen LogP contribution in [-0.2, 0) is 10.0 Å². The summed E-state index contributed by atoms with van der Waals surface area (Å²) in [5, 5.41) is 16.2. The van der Waals surface area contributed by atoms with Crippen LogP contribution in [0.4, 0.5) is 0 Å². The number of aliphatic imine (C=N–C) groups is 1. The van der Waals surface area contributed by atoms with Crippen LogP contribution in [-0.4, -0.2) is 52.3 Å². The molecule has 0 fully saturated rings. The molecule has 0 aliphatic carbocycles. The van der Waals surface area contributed by atoms with Crippen molar-refractivity contribution in [3.8, 4) is 0 Å². The molecule has 0 aliphatic heterocycles. The Morgan fingerprint density at radius 3 is 2.47 bits per heavy atom. The van der Waals surface area contributed by atoms with Crippen LogP contribution in [0.5, 0.6) is 0 Å². The minimum absolute atomic E-state index is 0. The van der Waals surface area contributed by atoms with E-state index in [1.807, 2.05) is 37.3 Å². The molecule has 30 heavy (non-hydrogen) atoms. The Balaban J connectivity index is 0.00000450. The predicted octanol–water partition coefficient (Wildman–Crippen LogP) is 2.57. The largest absolute Gasteiger partial charge is 0.396 e. The summed E-state index contributed by atoms with van der Waals surface area (Å²) in [6.07, 6.45) is 0. The quantitative estimate of drug-likeness (QED) is 0.153. The number of rotatable bonds is 10. The number of sulfonamides is 1. The summed E-state index contributed by atoms with van der Waals surface area (Å²) in [5.74, 6) is 0.455. The molecule has 0 aromatic heterocycles. The van der Waals surface area contributed by atoms with Gasteiger partial charge in [-0.05, 0) is 30.7 Å². The Hall–Kier alpha value is -1.40. The number of benzene rings is 2. The van der Waals surface area contributed by atoms with Crippen LogP contribution in [0.3, 0.4) is 0 Å². The molecule has 7 nitrogen and oxygen atoms in total. The second-order valence-electron chi connectivity index (χ2n) is 6.29. The summed E-state index contributed by atoms with van der Waals surface area (Å²) in [6, 6.07) is 15.8. The lowest BCUT2D eigenvalue weighted by atomic mass is 10.0. The second kappa shape index (κ2) is 13.8. The van der Waals surface area contributed by atoms with Crippen LogP contribution in [0, 0.1) is 0 Å². The number of aliphatic hydroxyl groups is 1. The van der Waals surface area contributed by atoms with Gasteiger partial charge in [-0.3, -0.25) is 4.99 Å². The monoisotopic (exact) mass is 566 g/mol. The van der Waals surface area contributed by atoms with Crippen molar-refractivity contribution in [2.45, 2.75) is 17.7 Å². The van der Waals surface area contributed by atoms with Crippen LogP contribution in [0.1, 0.15) is 18.4 Å². The molecule has 0 amide bonds. The molecule has 2 aromatic carbocycles. The van der Waals surface area contributed by atoms with Gasteiger partial charge < -0.3 is 15.7 Å². The molecule has 0 aliphatic rings. The highest BCUT2D eigenvalue weighted by atomic mass is 127. The zero-order chi connectivity index (χ0) is 21.1. The summed E-state index contributed by atoms with van der Waals surface area (Å²) in [5.41, 5.74) is 1.02. The van der Waals surface area contributed by atoms with E-state index in [1.165, 1.54) is 12.1 Å². The molecule has 2 aromatic rings. The first kappa shape index (κ1) is 26.6. The Kier molecular flexibility index (Phi) is 12.3. The van der Waals surface area contributed by atoms with Crippen molar-refractivity contribution in [3.05, 3.63) is 65.2 Å². The van der Waals surface area contributed by atoms with Gasteiger partial charge in [-0.2, -0.15) is 0 Å². The van der Waals surface area contributed by atoms with Crippen molar-refractivity contribution in [1.29, 1.82) is 0 Å². The molecular weight excluding hydrogens is 539 g/mol. The molecule has 4 N–H and O–H groups in total. The highest BCUT2D eigenvalue weighted by Crippen LogP contribution is 2.15. The minimum atomic E-state index is -3.63. The van der Waals surface area contributed by atoms with Crippen LogP contribution in [0.15, 0.2) is 64.5 Å². The highest BCUT2D eigenvalue weighted by Gasteiger charge is 2.14. The second-order valence-corrected chi connectivity index (χ2v) is 8.50. The van der Waals surface area contributed by atoms with E-state index >= 15 is 0 Å². The topological polar surface area (TPSA) is 103 Å². The normalized spacial score (nSPS) is 12.7. The molecule has 0 saturated heterocycles. The van der Waals surface area contributed by atoms with Gasteiger partial charge in [-0.1, -0.05) is 48.0 Å². The van der Waals surface area contributed by atoms with Crippen molar-refractivity contribution in [2.24, 2.45) is 4.99 Å². The van der Waals surface area contributed by atoms with Gasteiger partial charge >= 0.3 is 0 Å². The van der Waals surface area contributed by atoms with Crippen LogP contribution in [0.25, 0.3) is 0 Å². The van der Waals surface area contributed by atoms with E-state index in [2.05, 4.69) is 20.3 Å². The van der Waals surface area contributed by atoms with Crippen molar-refractivity contribution < 1.29 is 13.5 Å². The summed E-state index contributed by atoms with van der Waals surface area (Å²) in [7, 11) is -3.63. The number of guanidine groups is 1. The summed E-state index contributed by atoms with van der Waals surface area (Å²) >= 11 is 5.86. The van der Waals surface area contributed by atoms with Gasteiger partial charge in [0.15, 0.2) is 5.96 Å². The lowest BCUT2D eigenvalue weighted by molar-refractivity contribution is 0.268. The third kappa shape index (κ3) is 8.76. The first-order chi connectivity index (χ1) is 14.0. The standard InChI is InChI=1S/C20H27ClN4O3S.HI/c1-2-22-20(24-14-17(15-26)16-7-4-3-5-8-16)23-11-12-25-29(27,28)19-10-6-9-18(21)13-19;/h3-10,13,17,25-26H,2,11-12,14-15H2,1H3,(H2,22,23,24);1H. The maximum absolute atomic E-state index is 12.3. The average Bonchev–Trinajstić information content (AvgIpc) is 2.72. The van der Waals surface area contributed by atoms with E-state index < -0.39 is 10.0 Å². The van der Waals surface area contributed by atoms with Crippen LogP contribution < -0.4 is 15.4 Å². The Morgan fingerprint density at radius 2 is 1.83 bits per heavy atom. The molecule has 0 bridgehead atoms. The molecular formula is C20H28ClIN4O3S.